The molecule has 1 N–H and O–H groups in total. The maximum Gasteiger partial charge on any atom is 0.288 e. The summed E-state index contributed by atoms with van der Waals surface area (Å²) in [6, 6.07) is 11.7. The van der Waals surface area contributed by atoms with Gasteiger partial charge in [0, 0.05) is 19.3 Å². The summed E-state index contributed by atoms with van der Waals surface area (Å²) >= 11 is 0. The van der Waals surface area contributed by atoms with Crippen molar-refractivity contribution in [2.45, 2.75) is 31.1 Å². The molecule has 1 fully saturated rings. The van der Waals surface area contributed by atoms with Crippen LogP contribution in [0, 0.1) is 12.8 Å². The lowest BCUT2D eigenvalue weighted by Gasteiger charge is -2.31. The van der Waals surface area contributed by atoms with Crippen molar-refractivity contribution in [3.05, 3.63) is 64.3 Å². The number of sulfonamides is 1. The molecule has 1 saturated heterocycles. The molecule has 4 rings (SSSR count). The minimum atomic E-state index is -3.62. The first-order chi connectivity index (χ1) is 12.9. The highest BCUT2D eigenvalue weighted by Gasteiger charge is 2.30. The first kappa shape index (κ1) is 17.9. The predicted octanol–water partition coefficient (Wildman–Crippen LogP) is 1.97. The van der Waals surface area contributed by atoms with Crippen molar-refractivity contribution < 1.29 is 8.42 Å². The van der Waals surface area contributed by atoms with Crippen LogP contribution >= 0.6 is 0 Å². The van der Waals surface area contributed by atoms with Crippen LogP contribution in [-0.2, 0) is 16.4 Å². The third-order valence-electron chi connectivity index (χ3n) is 5.27. The number of piperidine rings is 1. The van der Waals surface area contributed by atoms with E-state index in [4.69, 9.17) is 0 Å². The van der Waals surface area contributed by atoms with E-state index in [0.717, 1.165) is 19.3 Å². The zero-order chi connectivity index (χ0) is 19.0. The van der Waals surface area contributed by atoms with Crippen LogP contribution in [0.25, 0.3) is 5.52 Å². The second-order valence-electron chi connectivity index (χ2n) is 7.07. The third kappa shape index (κ3) is 3.42. The van der Waals surface area contributed by atoms with E-state index in [0.29, 0.717) is 30.3 Å². The topological polar surface area (TPSA) is 87.5 Å². The van der Waals surface area contributed by atoms with Crippen LogP contribution < -0.4 is 5.56 Å². The van der Waals surface area contributed by atoms with Crippen molar-refractivity contribution in [3.8, 4) is 0 Å². The summed E-state index contributed by atoms with van der Waals surface area (Å²) in [7, 11) is -3.62. The number of nitrogens with one attached hydrogen (secondary N) is 1. The van der Waals surface area contributed by atoms with Gasteiger partial charge in [-0.1, -0.05) is 30.3 Å². The van der Waals surface area contributed by atoms with Gasteiger partial charge in [-0.05, 0) is 43.7 Å². The molecule has 0 amide bonds. The van der Waals surface area contributed by atoms with Gasteiger partial charge in [-0.25, -0.2) is 13.5 Å². The molecular formula is C19H22N4O3S. The molecular weight excluding hydrogens is 364 g/mol. The van der Waals surface area contributed by atoms with E-state index in [1.54, 1.807) is 6.92 Å². The van der Waals surface area contributed by atoms with Crippen LogP contribution in [0.15, 0.2) is 52.3 Å². The summed E-state index contributed by atoms with van der Waals surface area (Å²) in [6.45, 7) is 2.72. The number of aryl methyl sites for hydroxylation is 1. The first-order valence-corrected chi connectivity index (χ1v) is 10.5. The summed E-state index contributed by atoms with van der Waals surface area (Å²) in [5.74, 6) is 1.02. The number of aromatic nitrogens is 3. The van der Waals surface area contributed by atoms with Crippen LogP contribution in [-0.4, -0.2) is 40.4 Å². The molecule has 0 spiro atoms. The van der Waals surface area contributed by atoms with E-state index in [1.807, 2.05) is 18.2 Å². The molecule has 142 valence electrons. The number of aromatic amines is 1. The third-order valence-corrected chi connectivity index (χ3v) is 7.14. The Morgan fingerprint density at radius 3 is 2.56 bits per heavy atom. The number of hydrogen-bond acceptors (Lipinski definition) is 4. The predicted molar refractivity (Wildman–Crippen MR) is 102 cm³/mol. The number of H-pyrrole nitrogens is 1. The lowest BCUT2D eigenvalue weighted by Crippen LogP contribution is -2.38. The van der Waals surface area contributed by atoms with E-state index in [1.165, 1.54) is 26.5 Å². The van der Waals surface area contributed by atoms with E-state index in [-0.39, 0.29) is 4.90 Å². The molecule has 3 heterocycles. The van der Waals surface area contributed by atoms with Gasteiger partial charge >= 0.3 is 0 Å². The molecule has 1 aromatic carbocycles. The molecule has 27 heavy (non-hydrogen) atoms. The minimum absolute atomic E-state index is 0.144. The van der Waals surface area contributed by atoms with Crippen molar-refractivity contribution in [1.82, 2.24) is 18.9 Å². The Kier molecular flexibility index (Phi) is 4.61. The largest absolute Gasteiger partial charge is 0.298 e. The highest BCUT2D eigenvalue weighted by Crippen LogP contribution is 2.27. The van der Waals surface area contributed by atoms with E-state index in [9.17, 15) is 13.2 Å². The molecule has 0 bridgehead atoms. The molecule has 0 atom stereocenters. The molecule has 3 aromatic rings. The van der Waals surface area contributed by atoms with Gasteiger partial charge in [0.25, 0.3) is 5.56 Å². The highest BCUT2D eigenvalue weighted by molar-refractivity contribution is 7.89. The minimum Gasteiger partial charge on any atom is -0.298 e. The Morgan fingerprint density at radius 1 is 1.19 bits per heavy atom. The van der Waals surface area contributed by atoms with Gasteiger partial charge in [0.15, 0.2) is 0 Å². The van der Waals surface area contributed by atoms with Crippen LogP contribution in [0.3, 0.4) is 0 Å². The first-order valence-electron chi connectivity index (χ1n) is 9.06. The summed E-state index contributed by atoms with van der Waals surface area (Å²) in [5.41, 5.74) is 1.18. The maximum absolute atomic E-state index is 13.0. The van der Waals surface area contributed by atoms with Gasteiger partial charge in [0.1, 0.15) is 16.2 Å². The highest BCUT2D eigenvalue weighted by atomic mass is 32.2. The Bertz CT molecular complexity index is 1110. The van der Waals surface area contributed by atoms with Crippen molar-refractivity contribution in [1.29, 1.82) is 0 Å². The van der Waals surface area contributed by atoms with Crippen molar-refractivity contribution in [2.75, 3.05) is 13.1 Å². The van der Waals surface area contributed by atoms with Gasteiger partial charge in [-0.2, -0.15) is 9.40 Å². The molecule has 0 aliphatic carbocycles. The van der Waals surface area contributed by atoms with Crippen molar-refractivity contribution in [2.24, 2.45) is 5.92 Å². The van der Waals surface area contributed by atoms with Crippen molar-refractivity contribution >= 4 is 15.5 Å². The normalized spacial score (nSPS) is 16.8. The second kappa shape index (κ2) is 6.94. The molecule has 1 aliphatic rings. The van der Waals surface area contributed by atoms with E-state index in [2.05, 4.69) is 22.3 Å². The Hall–Kier alpha value is -2.45. The fourth-order valence-electron chi connectivity index (χ4n) is 3.72. The van der Waals surface area contributed by atoms with Gasteiger partial charge < -0.3 is 0 Å². The number of hydrogen-bond donors (Lipinski definition) is 1. The molecule has 1 aliphatic heterocycles. The zero-order valence-corrected chi connectivity index (χ0v) is 15.9. The average molecular weight is 386 g/mol. The Labute approximate surface area is 157 Å². The summed E-state index contributed by atoms with van der Waals surface area (Å²) in [5, 5.41) is 6.26. The average Bonchev–Trinajstić information content (AvgIpc) is 3.14. The molecule has 2 aromatic heterocycles. The standard InChI is InChI=1S/C19H22N4O3S/c1-14-20-21-19(24)18-12-17(13-23(14)18)27(25,26)22-9-7-16(8-10-22)11-15-5-3-2-4-6-15/h2-6,12-13,16H,7-11H2,1H3,(H,21,24). The van der Waals surface area contributed by atoms with Crippen molar-refractivity contribution in [3.63, 3.8) is 0 Å². The van der Waals surface area contributed by atoms with Gasteiger partial charge in [0.05, 0.1) is 0 Å². The monoisotopic (exact) mass is 386 g/mol. The Balaban J connectivity index is 1.51. The smallest absolute Gasteiger partial charge is 0.288 e. The van der Waals surface area contributed by atoms with Crippen LogP contribution in [0.1, 0.15) is 24.2 Å². The van der Waals surface area contributed by atoms with Gasteiger partial charge in [0.2, 0.25) is 10.0 Å². The number of rotatable bonds is 4. The fourth-order valence-corrected chi connectivity index (χ4v) is 5.20. The van der Waals surface area contributed by atoms with Gasteiger partial charge in [-0.3, -0.25) is 9.20 Å². The lowest BCUT2D eigenvalue weighted by molar-refractivity contribution is 0.273. The quantitative estimate of drug-likeness (QED) is 0.743. The number of nitrogens with zero attached hydrogens (tertiary/aromatic N) is 3. The fraction of sp³-hybridized carbons (Fsp3) is 0.368. The molecule has 0 saturated carbocycles. The lowest BCUT2D eigenvalue weighted by atomic mass is 9.91. The van der Waals surface area contributed by atoms with Gasteiger partial charge in [-0.15, -0.1) is 0 Å². The maximum atomic E-state index is 13.0. The van der Waals surface area contributed by atoms with Crippen LogP contribution in [0.4, 0.5) is 0 Å². The molecule has 8 heteroatoms. The molecule has 0 unspecified atom stereocenters. The SMILES string of the molecule is Cc1n[nH]c(=O)c2cc(S(=O)(=O)N3CCC(Cc4ccccc4)CC3)cn12. The molecule has 7 nitrogen and oxygen atoms in total. The van der Waals surface area contributed by atoms with E-state index >= 15 is 0 Å². The van der Waals surface area contributed by atoms with E-state index < -0.39 is 15.6 Å². The number of fused-ring (bicyclic) bond motifs is 1. The summed E-state index contributed by atoms with van der Waals surface area (Å²) < 4.78 is 29.1. The van der Waals surface area contributed by atoms with Crippen LogP contribution in [0.5, 0.6) is 0 Å². The Morgan fingerprint density at radius 2 is 1.89 bits per heavy atom. The summed E-state index contributed by atoms with van der Waals surface area (Å²) in [4.78, 5) is 12.1. The zero-order valence-electron chi connectivity index (χ0n) is 15.1. The number of benzene rings is 1. The molecule has 0 radical (unpaired) electrons. The summed E-state index contributed by atoms with van der Waals surface area (Å²) in [6.07, 6.45) is 4.13. The van der Waals surface area contributed by atoms with Crippen LogP contribution in [0.2, 0.25) is 0 Å². The second-order valence-corrected chi connectivity index (χ2v) is 9.01.